The van der Waals surface area contributed by atoms with Gasteiger partial charge in [-0.1, -0.05) is 24.3 Å². The van der Waals surface area contributed by atoms with E-state index in [0.717, 1.165) is 23.4 Å². The highest BCUT2D eigenvalue weighted by Crippen LogP contribution is 2.39. The van der Waals surface area contributed by atoms with E-state index in [9.17, 15) is 28.1 Å². The number of nitro benzene ring substituents is 1. The number of rotatable bonds is 5. The summed E-state index contributed by atoms with van der Waals surface area (Å²) in [5, 5.41) is 14.0. The zero-order valence-electron chi connectivity index (χ0n) is 18.3. The normalized spacial score (nSPS) is 15.5. The van der Waals surface area contributed by atoms with Crippen molar-refractivity contribution in [2.24, 2.45) is 4.99 Å². The number of imidazole rings is 1. The molecular formula is C25H16F3N5O3. The molecule has 2 N–H and O–H groups in total. The van der Waals surface area contributed by atoms with Crippen LogP contribution in [0.25, 0.3) is 11.3 Å². The molecule has 180 valence electrons. The van der Waals surface area contributed by atoms with Gasteiger partial charge in [-0.15, -0.1) is 0 Å². The van der Waals surface area contributed by atoms with Crippen molar-refractivity contribution in [2.75, 3.05) is 5.32 Å². The van der Waals surface area contributed by atoms with Crippen LogP contribution in [0.15, 0.2) is 84.2 Å². The average molecular weight is 491 g/mol. The average Bonchev–Trinajstić information content (AvgIpc) is 3.50. The number of alkyl halides is 3. The highest BCUT2D eigenvalue weighted by Gasteiger charge is 2.37. The fourth-order valence-electron chi connectivity index (χ4n) is 4.03. The summed E-state index contributed by atoms with van der Waals surface area (Å²) in [7, 11) is 0. The number of aliphatic imine (C=N–C) groups is 1. The molecule has 1 aliphatic rings. The zero-order chi connectivity index (χ0) is 25.4. The number of aromatic nitrogens is 2. The second-order valence-corrected chi connectivity index (χ2v) is 8.04. The van der Waals surface area contributed by atoms with Crippen molar-refractivity contribution >= 4 is 28.7 Å². The number of carbonyl (C=O) groups excluding carboxylic acids is 1. The van der Waals surface area contributed by atoms with Gasteiger partial charge in [0.25, 0.3) is 5.69 Å². The van der Waals surface area contributed by atoms with Crippen molar-refractivity contribution in [3.8, 4) is 11.3 Å². The molecule has 0 fully saturated rings. The minimum absolute atomic E-state index is 0.162. The van der Waals surface area contributed by atoms with Crippen LogP contribution in [0.5, 0.6) is 0 Å². The number of nitro groups is 1. The molecule has 8 nitrogen and oxygen atoms in total. The van der Waals surface area contributed by atoms with Gasteiger partial charge in [-0.2, -0.15) is 13.2 Å². The Labute approximate surface area is 201 Å². The van der Waals surface area contributed by atoms with Crippen molar-refractivity contribution in [3.05, 3.63) is 106 Å². The SMILES string of the molecule is O=C1Nc2ccc([N+](=O)[O-])cc2C1C(=Nc1ccc(-c2cnc[nH]2)cc1)c1ccc(C(F)(F)F)cc1. The molecule has 36 heavy (non-hydrogen) atoms. The lowest BCUT2D eigenvalue weighted by Crippen LogP contribution is -2.22. The molecule has 0 radical (unpaired) electrons. The van der Waals surface area contributed by atoms with Gasteiger partial charge in [0, 0.05) is 23.4 Å². The largest absolute Gasteiger partial charge is 0.416 e. The molecule has 4 aromatic rings. The number of carbonyl (C=O) groups is 1. The van der Waals surface area contributed by atoms with E-state index in [-0.39, 0.29) is 17.0 Å². The fraction of sp³-hybridized carbons (Fsp3) is 0.0800. The number of benzene rings is 3. The second-order valence-electron chi connectivity index (χ2n) is 8.04. The van der Waals surface area contributed by atoms with Crippen LogP contribution < -0.4 is 5.32 Å². The highest BCUT2D eigenvalue weighted by atomic mass is 19.4. The lowest BCUT2D eigenvalue weighted by atomic mass is 9.90. The Balaban J connectivity index is 1.62. The van der Waals surface area contributed by atoms with Crippen molar-refractivity contribution < 1.29 is 22.9 Å². The van der Waals surface area contributed by atoms with Crippen LogP contribution in [-0.4, -0.2) is 26.5 Å². The fourth-order valence-corrected chi connectivity index (χ4v) is 4.03. The van der Waals surface area contributed by atoms with E-state index in [1.807, 2.05) is 0 Å². The molecule has 0 aliphatic carbocycles. The van der Waals surface area contributed by atoms with Crippen LogP contribution in [-0.2, 0) is 11.0 Å². The molecule has 1 amide bonds. The Kier molecular flexibility index (Phi) is 5.59. The van der Waals surface area contributed by atoms with E-state index in [2.05, 4.69) is 20.3 Å². The lowest BCUT2D eigenvalue weighted by Gasteiger charge is -2.15. The topological polar surface area (TPSA) is 113 Å². The Morgan fingerprint density at radius 2 is 1.75 bits per heavy atom. The van der Waals surface area contributed by atoms with Crippen LogP contribution in [0.1, 0.15) is 22.6 Å². The summed E-state index contributed by atoms with van der Waals surface area (Å²) in [5.41, 5.74) is 2.14. The van der Waals surface area contributed by atoms with Gasteiger partial charge in [0.15, 0.2) is 0 Å². The highest BCUT2D eigenvalue weighted by molar-refractivity contribution is 6.24. The first-order chi connectivity index (χ1) is 17.2. The van der Waals surface area contributed by atoms with Crippen LogP contribution in [0.3, 0.4) is 0 Å². The van der Waals surface area contributed by atoms with Gasteiger partial charge in [0.1, 0.15) is 5.92 Å². The number of aromatic amines is 1. The molecule has 0 saturated heterocycles. The molecule has 0 bridgehead atoms. The van der Waals surface area contributed by atoms with Crippen LogP contribution in [0.2, 0.25) is 0 Å². The monoisotopic (exact) mass is 491 g/mol. The first-order valence-corrected chi connectivity index (χ1v) is 10.6. The molecule has 0 saturated carbocycles. The van der Waals surface area contributed by atoms with Gasteiger partial charge in [-0.25, -0.2) is 4.98 Å². The predicted octanol–water partition coefficient (Wildman–Crippen LogP) is 5.86. The van der Waals surface area contributed by atoms with Crippen LogP contribution in [0.4, 0.5) is 30.2 Å². The molecule has 2 heterocycles. The third kappa shape index (κ3) is 4.33. The summed E-state index contributed by atoms with van der Waals surface area (Å²) >= 11 is 0. The molecular weight excluding hydrogens is 475 g/mol. The van der Waals surface area contributed by atoms with Gasteiger partial charge in [0.2, 0.25) is 5.91 Å². The number of hydrogen-bond acceptors (Lipinski definition) is 5. The number of amides is 1. The van der Waals surface area contributed by atoms with Gasteiger partial charge < -0.3 is 10.3 Å². The van der Waals surface area contributed by atoms with E-state index >= 15 is 0 Å². The maximum atomic E-state index is 13.1. The summed E-state index contributed by atoms with van der Waals surface area (Å²) in [4.78, 5) is 35.4. The molecule has 1 atom stereocenters. The second kappa shape index (κ2) is 8.77. The quantitative estimate of drug-likeness (QED) is 0.207. The number of halogens is 3. The third-order valence-corrected chi connectivity index (χ3v) is 5.78. The number of non-ortho nitro benzene ring substituents is 1. The number of nitrogens with one attached hydrogen (secondary N) is 2. The third-order valence-electron chi connectivity index (χ3n) is 5.78. The Morgan fingerprint density at radius 3 is 2.36 bits per heavy atom. The number of H-pyrrole nitrogens is 1. The van der Waals surface area contributed by atoms with Crippen LogP contribution in [0, 0.1) is 10.1 Å². The number of anilines is 1. The van der Waals surface area contributed by atoms with Crippen molar-refractivity contribution in [2.45, 2.75) is 12.1 Å². The molecule has 1 aliphatic heterocycles. The lowest BCUT2D eigenvalue weighted by molar-refractivity contribution is -0.384. The maximum absolute atomic E-state index is 13.1. The molecule has 3 aromatic carbocycles. The summed E-state index contributed by atoms with van der Waals surface area (Å²) in [6.07, 6.45) is -1.34. The Morgan fingerprint density at radius 1 is 1.03 bits per heavy atom. The minimum Gasteiger partial charge on any atom is -0.345 e. The first kappa shape index (κ1) is 23.0. The Bertz CT molecular complexity index is 1480. The molecule has 5 rings (SSSR count). The number of hydrogen-bond donors (Lipinski definition) is 2. The standard InChI is InChI=1S/C25H16F3N5O3/c26-25(27,28)16-5-1-15(2-6-16)23(31-17-7-3-14(4-8-17)21-12-29-13-30-21)22-19-11-18(33(35)36)9-10-20(19)32-24(22)34/h1-13,22H,(H,29,30)(H,32,34). The van der Waals surface area contributed by atoms with E-state index in [1.165, 1.54) is 30.3 Å². The first-order valence-electron chi connectivity index (χ1n) is 10.6. The number of fused-ring (bicyclic) bond motifs is 1. The predicted molar refractivity (Wildman–Crippen MR) is 126 cm³/mol. The maximum Gasteiger partial charge on any atom is 0.416 e. The van der Waals surface area contributed by atoms with E-state index in [1.54, 1.807) is 36.8 Å². The van der Waals surface area contributed by atoms with Gasteiger partial charge in [0.05, 0.1) is 40.1 Å². The minimum atomic E-state index is -4.53. The van der Waals surface area contributed by atoms with Crippen molar-refractivity contribution in [1.29, 1.82) is 0 Å². The number of nitrogens with zero attached hydrogens (tertiary/aromatic N) is 3. The van der Waals surface area contributed by atoms with Gasteiger partial charge >= 0.3 is 6.18 Å². The summed E-state index contributed by atoms with van der Waals surface area (Å²) < 4.78 is 39.4. The van der Waals surface area contributed by atoms with Gasteiger partial charge in [-0.05, 0) is 41.5 Å². The summed E-state index contributed by atoms with van der Waals surface area (Å²) in [5.74, 6) is -1.55. The zero-order valence-corrected chi connectivity index (χ0v) is 18.3. The van der Waals surface area contributed by atoms with Crippen LogP contribution >= 0.6 is 0 Å². The molecule has 1 aromatic heterocycles. The summed E-state index contributed by atoms with van der Waals surface area (Å²) in [6.45, 7) is 0. The Hall–Kier alpha value is -4.80. The van der Waals surface area contributed by atoms with E-state index in [0.29, 0.717) is 16.9 Å². The molecule has 1 unspecified atom stereocenters. The van der Waals surface area contributed by atoms with Crippen molar-refractivity contribution in [3.63, 3.8) is 0 Å². The van der Waals surface area contributed by atoms with Crippen molar-refractivity contribution in [1.82, 2.24) is 9.97 Å². The smallest absolute Gasteiger partial charge is 0.345 e. The molecule has 0 spiro atoms. The van der Waals surface area contributed by atoms with E-state index in [4.69, 9.17) is 0 Å². The molecule has 11 heteroatoms. The summed E-state index contributed by atoms with van der Waals surface area (Å²) in [6, 6.07) is 15.2. The van der Waals surface area contributed by atoms with Gasteiger partial charge in [-0.3, -0.25) is 19.9 Å². The van der Waals surface area contributed by atoms with E-state index < -0.39 is 28.5 Å².